The van der Waals surface area contributed by atoms with Crippen molar-refractivity contribution in [3.8, 4) is 0 Å². The van der Waals surface area contributed by atoms with Gasteiger partial charge in [-0.3, -0.25) is 9.80 Å². The van der Waals surface area contributed by atoms with Crippen LogP contribution in [0.25, 0.3) is 0 Å². The minimum atomic E-state index is -0.469. The van der Waals surface area contributed by atoms with Crippen molar-refractivity contribution in [2.45, 2.75) is 25.3 Å². The van der Waals surface area contributed by atoms with Crippen molar-refractivity contribution >= 4 is 11.9 Å². The van der Waals surface area contributed by atoms with Gasteiger partial charge >= 0.3 is 5.97 Å². The minimum Gasteiger partial charge on any atom is -0.467 e. The lowest BCUT2D eigenvalue weighted by atomic mass is 10.1. The molecular weight excluding hydrogens is 222 g/mol. The summed E-state index contributed by atoms with van der Waals surface area (Å²) in [4.78, 5) is 23.7. The number of amides is 1. The number of hydrazine groups is 1. The molecule has 0 aliphatic carbocycles. The zero-order valence-corrected chi connectivity index (χ0v) is 10.7. The standard InChI is InChI=1S/C11H21N3O3/c1-12-7-6-10(15)14-9(11(16)17-3)5-4-8-13(14)2/h9,12H,4-8H2,1-3H3/t9-/m0/s1. The number of ether oxygens (including phenoxy) is 1. The van der Waals surface area contributed by atoms with E-state index in [-0.39, 0.29) is 11.9 Å². The van der Waals surface area contributed by atoms with E-state index >= 15 is 0 Å². The highest BCUT2D eigenvalue weighted by atomic mass is 16.5. The molecule has 1 saturated heterocycles. The Bertz CT molecular complexity index is 283. The molecule has 1 aliphatic rings. The average molecular weight is 243 g/mol. The van der Waals surface area contributed by atoms with Crippen LogP contribution in [0.4, 0.5) is 0 Å². The molecule has 0 aromatic carbocycles. The second kappa shape index (κ2) is 6.56. The Hall–Kier alpha value is -1.14. The quantitative estimate of drug-likeness (QED) is 0.681. The van der Waals surface area contributed by atoms with Gasteiger partial charge in [-0.05, 0) is 19.9 Å². The molecule has 6 nitrogen and oxygen atoms in total. The van der Waals surface area contributed by atoms with Gasteiger partial charge in [0.15, 0.2) is 0 Å². The van der Waals surface area contributed by atoms with Crippen LogP contribution in [0.15, 0.2) is 0 Å². The van der Waals surface area contributed by atoms with E-state index in [9.17, 15) is 9.59 Å². The first-order valence-corrected chi connectivity index (χ1v) is 5.87. The van der Waals surface area contributed by atoms with E-state index in [1.165, 1.54) is 12.1 Å². The lowest BCUT2D eigenvalue weighted by Gasteiger charge is -2.40. The molecule has 1 aliphatic heterocycles. The predicted octanol–water partition coefficient (Wildman–Crippen LogP) is -0.393. The number of rotatable bonds is 4. The van der Waals surface area contributed by atoms with Crippen LogP contribution in [-0.2, 0) is 14.3 Å². The molecule has 0 unspecified atom stereocenters. The average Bonchev–Trinajstić information content (AvgIpc) is 2.34. The van der Waals surface area contributed by atoms with Gasteiger partial charge in [0.05, 0.1) is 7.11 Å². The van der Waals surface area contributed by atoms with Crippen LogP contribution in [0.3, 0.4) is 0 Å². The third-order valence-corrected chi connectivity index (χ3v) is 2.94. The largest absolute Gasteiger partial charge is 0.467 e. The summed E-state index contributed by atoms with van der Waals surface area (Å²) >= 11 is 0. The number of hydrogen-bond donors (Lipinski definition) is 1. The van der Waals surface area contributed by atoms with Crippen LogP contribution in [0.5, 0.6) is 0 Å². The molecule has 0 spiro atoms. The number of hydrogen-bond acceptors (Lipinski definition) is 5. The second-order valence-electron chi connectivity index (χ2n) is 4.15. The summed E-state index contributed by atoms with van der Waals surface area (Å²) in [6.45, 7) is 1.40. The summed E-state index contributed by atoms with van der Waals surface area (Å²) in [5.41, 5.74) is 0. The summed E-state index contributed by atoms with van der Waals surface area (Å²) in [6, 6.07) is -0.469. The van der Waals surface area contributed by atoms with Crippen LogP contribution in [0.1, 0.15) is 19.3 Å². The number of nitrogens with zero attached hydrogens (tertiary/aromatic N) is 2. The number of carbonyl (C=O) groups excluding carboxylic acids is 2. The van der Waals surface area contributed by atoms with Gasteiger partial charge in [-0.25, -0.2) is 9.80 Å². The first-order chi connectivity index (χ1) is 8.11. The molecule has 0 saturated carbocycles. The Morgan fingerprint density at radius 3 is 2.76 bits per heavy atom. The molecule has 1 rings (SSSR count). The van der Waals surface area contributed by atoms with E-state index in [2.05, 4.69) is 5.32 Å². The van der Waals surface area contributed by atoms with Gasteiger partial charge in [-0.1, -0.05) is 0 Å². The van der Waals surface area contributed by atoms with E-state index in [0.29, 0.717) is 19.4 Å². The number of nitrogens with one attached hydrogen (secondary N) is 1. The molecule has 0 radical (unpaired) electrons. The molecule has 1 fully saturated rings. The smallest absolute Gasteiger partial charge is 0.330 e. The van der Waals surface area contributed by atoms with Gasteiger partial charge in [0, 0.05) is 26.6 Å². The topological polar surface area (TPSA) is 61.9 Å². The van der Waals surface area contributed by atoms with Crippen molar-refractivity contribution in [3.05, 3.63) is 0 Å². The maximum atomic E-state index is 12.0. The third kappa shape index (κ3) is 3.41. The predicted molar refractivity (Wildman–Crippen MR) is 63.1 cm³/mol. The fraction of sp³-hybridized carbons (Fsp3) is 0.818. The van der Waals surface area contributed by atoms with Crippen molar-refractivity contribution in [2.75, 3.05) is 34.3 Å². The lowest BCUT2D eigenvalue weighted by molar-refractivity contribution is -0.173. The molecule has 1 amide bonds. The minimum absolute atomic E-state index is 0.0445. The number of carbonyl (C=O) groups is 2. The van der Waals surface area contributed by atoms with Gasteiger partial charge in [0.25, 0.3) is 0 Å². The summed E-state index contributed by atoms with van der Waals surface area (Å²) in [5.74, 6) is -0.383. The molecule has 1 N–H and O–H groups in total. The Balaban J connectivity index is 2.73. The van der Waals surface area contributed by atoms with Crippen LogP contribution in [-0.4, -0.2) is 62.2 Å². The highest BCUT2D eigenvalue weighted by Crippen LogP contribution is 2.18. The highest BCUT2D eigenvalue weighted by molar-refractivity contribution is 5.84. The van der Waals surface area contributed by atoms with Gasteiger partial charge < -0.3 is 10.1 Å². The molecule has 17 heavy (non-hydrogen) atoms. The normalized spacial score (nSPS) is 21.4. The molecule has 0 aromatic rings. The molecular formula is C11H21N3O3. The Morgan fingerprint density at radius 1 is 1.47 bits per heavy atom. The maximum Gasteiger partial charge on any atom is 0.330 e. The lowest BCUT2D eigenvalue weighted by Crippen LogP contribution is -2.57. The van der Waals surface area contributed by atoms with Crippen LogP contribution < -0.4 is 5.32 Å². The summed E-state index contributed by atoms with van der Waals surface area (Å²) in [7, 11) is 4.98. The molecule has 0 bridgehead atoms. The van der Waals surface area contributed by atoms with Crippen LogP contribution in [0, 0.1) is 0 Å². The monoisotopic (exact) mass is 243 g/mol. The van der Waals surface area contributed by atoms with Crippen molar-refractivity contribution in [1.29, 1.82) is 0 Å². The van der Waals surface area contributed by atoms with Crippen molar-refractivity contribution < 1.29 is 14.3 Å². The number of methoxy groups -OCH3 is 1. The van der Waals surface area contributed by atoms with Crippen molar-refractivity contribution in [3.63, 3.8) is 0 Å². The SMILES string of the molecule is CNCCC(=O)N1[C@H](C(=O)OC)CCCN1C. The molecule has 98 valence electrons. The van der Waals surface area contributed by atoms with Gasteiger partial charge in [0.2, 0.25) is 5.91 Å². The first kappa shape index (κ1) is 13.9. The Morgan fingerprint density at radius 2 is 2.18 bits per heavy atom. The molecule has 6 heteroatoms. The third-order valence-electron chi connectivity index (χ3n) is 2.94. The molecule has 1 heterocycles. The van der Waals surface area contributed by atoms with Gasteiger partial charge in [0.1, 0.15) is 6.04 Å². The summed E-state index contributed by atoms with van der Waals surface area (Å²) < 4.78 is 4.75. The van der Waals surface area contributed by atoms with Crippen LogP contribution in [0.2, 0.25) is 0 Å². The van der Waals surface area contributed by atoms with Gasteiger partial charge in [-0.2, -0.15) is 0 Å². The van der Waals surface area contributed by atoms with E-state index in [4.69, 9.17) is 4.74 Å². The van der Waals surface area contributed by atoms with E-state index in [1.54, 1.807) is 7.05 Å². The number of esters is 1. The maximum absolute atomic E-state index is 12.0. The van der Waals surface area contributed by atoms with E-state index in [1.807, 2.05) is 12.1 Å². The highest BCUT2D eigenvalue weighted by Gasteiger charge is 2.35. The van der Waals surface area contributed by atoms with Crippen molar-refractivity contribution in [1.82, 2.24) is 15.3 Å². The van der Waals surface area contributed by atoms with E-state index < -0.39 is 6.04 Å². The summed E-state index contributed by atoms with van der Waals surface area (Å²) in [6.07, 6.45) is 1.95. The second-order valence-corrected chi connectivity index (χ2v) is 4.15. The van der Waals surface area contributed by atoms with Crippen LogP contribution >= 0.6 is 0 Å². The Kier molecular flexibility index (Phi) is 5.37. The Labute approximate surface area is 102 Å². The molecule has 0 aromatic heterocycles. The fourth-order valence-corrected chi connectivity index (χ4v) is 2.05. The van der Waals surface area contributed by atoms with Gasteiger partial charge in [-0.15, -0.1) is 0 Å². The summed E-state index contributed by atoms with van der Waals surface area (Å²) in [5, 5.41) is 6.27. The fourth-order valence-electron chi connectivity index (χ4n) is 2.05. The van der Waals surface area contributed by atoms with Crippen molar-refractivity contribution in [2.24, 2.45) is 0 Å². The first-order valence-electron chi connectivity index (χ1n) is 5.87. The zero-order valence-electron chi connectivity index (χ0n) is 10.7. The zero-order chi connectivity index (χ0) is 12.8. The molecule has 1 atom stereocenters. The van der Waals surface area contributed by atoms with E-state index in [0.717, 1.165) is 13.0 Å².